The maximum atomic E-state index is 9.35. The molecule has 3 rings (SSSR count). The molecule has 100 valence electrons. The summed E-state index contributed by atoms with van der Waals surface area (Å²) >= 11 is 0. The minimum absolute atomic E-state index is 0.252. The van der Waals surface area contributed by atoms with Crippen LogP contribution in [0.25, 0.3) is 10.9 Å². The number of para-hydroxylation sites is 1. The van der Waals surface area contributed by atoms with Gasteiger partial charge in [-0.25, -0.2) is 0 Å². The molecule has 1 atom stereocenters. The van der Waals surface area contributed by atoms with Crippen LogP contribution in [0, 0.1) is 28.6 Å². The van der Waals surface area contributed by atoms with Gasteiger partial charge in [-0.15, -0.1) is 0 Å². The number of hydrogen-bond donors (Lipinski definition) is 1. The normalized spacial score (nSPS) is 12.0. The number of H-pyrrole nitrogens is 1. The van der Waals surface area contributed by atoms with E-state index in [2.05, 4.69) is 17.1 Å². The second kappa shape index (κ2) is 5.53. The molecule has 1 heterocycles. The van der Waals surface area contributed by atoms with Crippen LogP contribution in [0.2, 0.25) is 0 Å². The molecule has 0 radical (unpaired) electrons. The Morgan fingerprint density at radius 2 is 1.52 bits per heavy atom. The number of aromatic nitrogens is 1. The predicted molar refractivity (Wildman–Crippen MR) is 81.3 cm³/mol. The topological polar surface area (TPSA) is 63.4 Å². The minimum atomic E-state index is -0.716. The third-order valence-corrected chi connectivity index (χ3v) is 3.73. The summed E-state index contributed by atoms with van der Waals surface area (Å²) in [5.41, 5.74) is 2.99. The number of nitriles is 2. The van der Waals surface area contributed by atoms with Crippen LogP contribution in [0.4, 0.5) is 0 Å². The molecule has 3 nitrogen and oxygen atoms in total. The van der Waals surface area contributed by atoms with E-state index in [9.17, 15) is 10.5 Å². The lowest BCUT2D eigenvalue weighted by atomic mass is 9.82. The average Bonchev–Trinajstić information content (AvgIpc) is 2.97. The van der Waals surface area contributed by atoms with E-state index in [1.54, 1.807) is 0 Å². The fourth-order valence-electron chi connectivity index (χ4n) is 2.74. The Morgan fingerprint density at radius 1 is 0.857 bits per heavy atom. The molecule has 0 aliphatic rings. The highest BCUT2D eigenvalue weighted by Gasteiger charge is 2.27. The summed E-state index contributed by atoms with van der Waals surface area (Å²) in [4.78, 5) is 3.22. The summed E-state index contributed by atoms with van der Waals surface area (Å²) in [6.45, 7) is 0. The Kier molecular flexibility index (Phi) is 3.41. The van der Waals surface area contributed by atoms with Crippen LogP contribution in [-0.2, 0) is 0 Å². The molecule has 0 saturated heterocycles. The molecular formula is C18H13N3. The van der Waals surface area contributed by atoms with Crippen LogP contribution in [0.5, 0.6) is 0 Å². The smallest absolute Gasteiger partial charge is 0.144 e. The molecule has 0 amide bonds. The largest absolute Gasteiger partial charge is 0.361 e. The number of aromatic amines is 1. The first kappa shape index (κ1) is 13.0. The van der Waals surface area contributed by atoms with Crippen molar-refractivity contribution in [2.45, 2.75) is 5.92 Å². The molecule has 1 N–H and O–H groups in total. The van der Waals surface area contributed by atoms with Gasteiger partial charge in [-0.05, 0) is 17.2 Å². The number of fused-ring (bicyclic) bond motifs is 1. The monoisotopic (exact) mass is 271 g/mol. The molecule has 0 bridgehead atoms. The lowest BCUT2D eigenvalue weighted by Crippen LogP contribution is -2.11. The minimum Gasteiger partial charge on any atom is -0.361 e. The van der Waals surface area contributed by atoms with Gasteiger partial charge >= 0.3 is 0 Å². The fourth-order valence-corrected chi connectivity index (χ4v) is 2.74. The summed E-state index contributed by atoms with van der Waals surface area (Å²) in [7, 11) is 0. The van der Waals surface area contributed by atoms with Gasteiger partial charge in [-0.1, -0.05) is 48.5 Å². The molecular weight excluding hydrogens is 258 g/mol. The van der Waals surface area contributed by atoms with Crippen molar-refractivity contribution in [1.82, 2.24) is 4.98 Å². The molecule has 21 heavy (non-hydrogen) atoms. The van der Waals surface area contributed by atoms with Crippen LogP contribution in [0.3, 0.4) is 0 Å². The number of rotatable bonds is 3. The average molecular weight is 271 g/mol. The summed E-state index contributed by atoms with van der Waals surface area (Å²) in [5.74, 6) is -0.969. The molecule has 0 spiro atoms. The lowest BCUT2D eigenvalue weighted by molar-refractivity contribution is 0.714. The number of nitrogens with one attached hydrogen (secondary N) is 1. The Labute approximate surface area is 123 Å². The van der Waals surface area contributed by atoms with Crippen molar-refractivity contribution in [1.29, 1.82) is 10.5 Å². The van der Waals surface area contributed by atoms with Gasteiger partial charge in [-0.2, -0.15) is 10.5 Å². The SMILES string of the molecule is N#CC(C#N)[C@@H](c1ccccc1)c1c[nH]c2ccccc12. The first-order chi connectivity index (χ1) is 10.3. The van der Waals surface area contributed by atoms with Crippen LogP contribution in [0.15, 0.2) is 60.8 Å². The summed E-state index contributed by atoms with van der Waals surface area (Å²) in [6, 6.07) is 21.9. The third-order valence-electron chi connectivity index (χ3n) is 3.73. The Morgan fingerprint density at radius 3 is 2.24 bits per heavy atom. The van der Waals surface area contributed by atoms with Crippen molar-refractivity contribution in [2.75, 3.05) is 0 Å². The van der Waals surface area contributed by atoms with Crippen molar-refractivity contribution in [3.05, 3.63) is 71.9 Å². The van der Waals surface area contributed by atoms with Crippen LogP contribution in [-0.4, -0.2) is 4.98 Å². The van der Waals surface area contributed by atoms with E-state index in [1.165, 1.54) is 0 Å². The van der Waals surface area contributed by atoms with Crippen LogP contribution in [0.1, 0.15) is 17.0 Å². The van der Waals surface area contributed by atoms with Crippen molar-refractivity contribution >= 4 is 10.9 Å². The van der Waals surface area contributed by atoms with E-state index >= 15 is 0 Å². The number of benzene rings is 2. The quantitative estimate of drug-likeness (QED) is 0.783. The van der Waals surface area contributed by atoms with Crippen LogP contribution >= 0.6 is 0 Å². The Hall–Kier alpha value is -3.04. The molecule has 0 aliphatic heterocycles. The van der Waals surface area contributed by atoms with Gasteiger partial charge in [0.2, 0.25) is 0 Å². The molecule has 0 saturated carbocycles. The Balaban J connectivity index is 2.21. The van der Waals surface area contributed by atoms with Gasteiger partial charge in [0.1, 0.15) is 5.92 Å². The van der Waals surface area contributed by atoms with Crippen molar-refractivity contribution < 1.29 is 0 Å². The van der Waals surface area contributed by atoms with E-state index in [4.69, 9.17) is 0 Å². The zero-order chi connectivity index (χ0) is 14.7. The van der Waals surface area contributed by atoms with Crippen molar-refractivity contribution in [3.8, 4) is 12.1 Å². The summed E-state index contributed by atoms with van der Waals surface area (Å²) in [5, 5.41) is 19.7. The molecule has 3 heteroatoms. The third kappa shape index (κ3) is 2.26. The molecule has 1 aromatic heterocycles. The van der Waals surface area contributed by atoms with Gasteiger partial charge in [0.15, 0.2) is 0 Å². The van der Waals surface area contributed by atoms with Gasteiger partial charge in [-0.3, -0.25) is 0 Å². The van der Waals surface area contributed by atoms with Crippen LogP contribution < -0.4 is 0 Å². The second-order valence-corrected chi connectivity index (χ2v) is 4.91. The first-order valence-electron chi connectivity index (χ1n) is 6.75. The first-order valence-corrected chi connectivity index (χ1v) is 6.75. The molecule has 3 aromatic rings. The Bertz CT molecular complexity index is 820. The highest BCUT2D eigenvalue weighted by atomic mass is 14.7. The van der Waals surface area contributed by atoms with Crippen molar-refractivity contribution in [2.24, 2.45) is 5.92 Å². The van der Waals surface area contributed by atoms with Gasteiger partial charge in [0.25, 0.3) is 0 Å². The predicted octanol–water partition coefficient (Wildman–Crippen LogP) is 3.96. The maximum Gasteiger partial charge on any atom is 0.144 e. The van der Waals surface area contributed by atoms with E-state index < -0.39 is 5.92 Å². The van der Waals surface area contributed by atoms with Gasteiger partial charge in [0, 0.05) is 23.0 Å². The molecule has 0 unspecified atom stereocenters. The summed E-state index contributed by atoms with van der Waals surface area (Å²) in [6.07, 6.45) is 1.91. The van der Waals surface area contributed by atoms with E-state index in [-0.39, 0.29) is 5.92 Å². The second-order valence-electron chi connectivity index (χ2n) is 4.91. The lowest BCUT2D eigenvalue weighted by Gasteiger charge is -2.17. The molecule has 0 aliphatic carbocycles. The van der Waals surface area contributed by atoms with E-state index in [0.717, 1.165) is 22.0 Å². The summed E-state index contributed by atoms with van der Waals surface area (Å²) < 4.78 is 0. The zero-order valence-corrected chi connectivity index (χ0v) is 11.3. The fraction of sp³-hybridized carbons (Fsp3) is 0.111. The number of nitrogens with zero attached hydrogens (tertiary/aromatic N) is 2. The molecule has 2 aromatic carbocycles. The highest BCUT2D eigenvalue weighted by molar-refractivity contribution is 5.84. The van der Waals surface area contributed by atoms with Gasteiger partial charge in [0.05, 0.1) is 12.1 Å². The van der Waals surface area contributed by atoms with Crippen molar-refractivity contribution in [3.63, 3.8) is 0 Å². The standard InChI is InChI=1S/C18H13N3/c19-10-14(11-20)18(13-6-2-1-3-7-13)16-12-21-17-9-5-4-8-15(16)17/h1-9,12,14,18,21H/t18-/m1/s1. The highest BCUT2D eigenvalue weighted by Crippen LogP contribution is 2.35. The maximum absolute atomic E-state index is 9.35. The van der Waals surface area contributed by atoms with E-state index in [0.29, 0.717) is 0 Å². The number of hydrogen-bond acceptors (Lipinski definition) is 2. The zero-order valence-electron chi connectivity index (χ0n) is 11.3. The molecule has 0 fully saturated rings. The van der Waals surface area contributed by atoms with E-state index in [1.807, 2.05) is 60.8 Å². The van der Waals surface area contributed by atoms with Gasteiger partial charge < -0.3 is 4.98 Å².